The zero-order chi connectivity index (χ0) is 17.7. The lowest BCUT2D eigenvalue weighted by molar-refractivity contribution is 0.104. The Labute approximate surface area is 141 Å². The summed E-state index contributed by atoms with van der Waals surface area (Å²) >= 11 is 0. The third-order valence-corrected chi connectivity index (χ3v) is 4.50. The normalized spacial score (nSPS) is 11.5. The summed E-state index contributed by atoms with van der Waals surface area (Å²) in [5.41, 5.74) is 1.17. The van der Waals surface area contributed by atoms with Gasteiger partial charge in [-0.2, -0.15) is 0 Å². The molecule has 0 N–H and O–H groups in total. The van der Waals surface area contributed by atoms with Gasteiger partial charge in [0, 0.05) is 11.8 Å². The number of hydrogen-bond donors (Lipinski definition) is 0. The number of carbonyl (C=O) groups excluding carboxylic acids is 1. The maximum Gasteiger partial charge on any atom is 0.185 e. The van der Waals surface area contributed by atoms with Gasteiger partial charge in [0.15, 0.2) is 15.6 Å². The minimum absolute atomic E-state index is 0.0540. The zero-order valence-corrected chi connectivity index (χ0v) is 14.5. The van der Waals surface area contributed by atoms with Crippen molar-refractivity contribution in [1.29, 1.82) is 0 Å². The first-order chi connectivity index (χ1) is 11.3. The quantitative estimate of drug-likeness (QED) is 0.594. The summed E-state index contributed by atoms with van der Waals surface area (Å²) in [6, 6.07) is 11.6. The fourth-order valence-electron chi connectivity index (χ4n) is 2.14. The van der Waals surface area contributed by atoms with Crippen LogP contribution in [0.2, 0.25) is 0 Å². The number of hydrogen-bond acceptors (Lipinski definition) is 5. The van der Waals surface area contributed by atoms with Gasteiger partial charge in [0.2, 0.25) is 0 Å². The van der Waals surface area contributed by atoms with Crippen molar-refractivity contribution in [1.82, 2.24) is 0 Å². The van der Waals surface area contributed by atoms with Crippen molar-refractivity contribution >= 4 is 21.7 Å². The fourth-order valence-corrected chi connectivity index (χ4v) is 2.96. The minimum Gasteiger partial charge on any atom is -0.497 e. The number of ether oxygens (including phenoxy) is 2. The molecule has 5 nitrogen and oxygen atoms in total. The third-order valence-electron chi connectivity index (χ3n) is 3.37. The van der Waals surface area contributed by atoms with Crippen LogP contribution >= 0.6 is 0 Å². The van der Waals surface area contributed by atoms with Gasteiger partial charge in [0.25, 0.3) is 0 Å². The highest BCUT2D eigenvalue weighted by atomic mass is 32.2. The highest BCUT2D eigenvalue weighted by molar-refractivity contribution is 7.90. The largest absolute Gasteiger partial charge is 0.497 e. The molecule has 0 radical (unpaired) electrons. The van der Waals surface area contributed by atoms with E-state index in [1.807, 2.05) is 18.2 Å². The summed E-state index contributed by atoms with van der Waals surface area (Å²) in [6.45, 7) is 0. The molecule has 0 saturated heterocycles. The first-order valence-electron chi connectivity index (χ1n) is 7.09. The lowest BCUT2D eigenvalue weighted by Crippen LogP contribution is -2.03. The van der Waals surface area contributed by atoms with Gasteiger partial charge in [-0.25, -0.2) is 8.42 Å². The number of benzene rings is 2. The molecule has 126 valence electrons. The Hall–Kier alpha value is -2.60. The van der Waals surface area contributed by atoms with Gasteiger partial charge in [-0.1, -0.05) is 18.2 Å². The minimum atomic E-state index is -3.42. The molecule has 0 heterocycles. The molecule has 24 heavy (non-hydrogen) atoms. The molecule has 0 aliphatic rings. The molecule has 0 amide bonds. The first-order valence-corrected chi connectivity index (χ1v) is 8.99. The average molecular weight is 346 g/mol. The predicted molar refractivity (Wildman–Crippen MR) is 92.5 cm³/mol. The van der Waals surface area contributed by atoms with E-state index in [0.29, 0.717) is 11.3 Å². The molecule has 2 aromatic rings. The van der Waals surface area contributed by atoms with Crippen molar-refractivity contribution < 1.29 is 22.7 Å². The molecule has 0 atom stereocenters. The lowest BCUT2D eigenvalue weighted by atomic mass is 10.1. The van der Waals surface area contributed by atoms with Crippen molar-refractivity contribution in [3.8, 4) is 11.5 Å². The second-order valence-corrected chi connectivity index (χ2v) is 7.10. The van der Waals surface area contributed by atoms with Crippen LogP contribution in [0.15, 0.2) is 53.4 Å². The van der Waals surface area contributed by atoms with Gasteiger partial charge in [0.1, 0.15) is 16.4 Å². The van der Waals surface area contributed by atoms with Crippen LogP contribution in [0.4, 0.5) is 0 Å². The first kappa shape index (κ1) is 17.7. The molecule has 0 bridgehead atoms. The number of allylic oxidation sites excluding steroid dienone is 1. The van der Waals surface area contributed by atoms with Gasteiger partial charge in [-0.3, -0.25) is 4.79 Å². The monoisotopic (exact) mass is 346 g/mol. The summed E-state index contributed by atoms with van der Waals surface area (Å²) in [5, 5.41) is 0. The van der Waals surface area contributed by atoms with Crippen molar-refractivity contribution in [2.75, 3.05) is 20.5 Å². The van der Waals surface area contributed by atoms with Crippen LogP contribution in [-0.4, -0.2) is 34.7 Å². The van der Waals surface area contributed by atoms with Crippen LogP contribution in [0.1, 0.15) is 15.9 Å². The Kier molecular flexibility index (Phi) is 5.41. The Balaban J connectivity index is 2.28. The Morgan fingerprint density at radius 1 is 1.04 bits per heavy atom. The standard InChI is InChI=1S/C18H18O5S/c1-22-15-6-4-5-13(11-15)7-9-16(19)14-8-10-18(24(3,20)21)17(12-14)23-2/h4-12H,1-3H3/b9-7-. The lowest BCUT2D eigenvalue weighted by Gasteiger charge is -2.08. The predicted octanol–water partition coefficient (Wildman–Crippen LogP) is 3.00. The van der Waals surface area contributed by atoms with E-state index in [1.54, 1.807) is 19.3 Å². The molecule has 2 aromatic carbocycles. The summed E-state index contributed by atoms with van der Waals surface area (Å²) in [6.07, 6.45) is 4.18. The van der Waals surface area contributed by atoms with Crippen LogP contribution in [0.5, 0.6) is 11.5 Å². The van der Waals surface area contributed by atoms with E-state index in [0.717, 1.165) is 11.8 Å². The van der Waals surface area contributed by atoms with Crippen molar-refractivity contribution in [3.05, 3.63) is 59.7 Å². The van der Waals surface area contributed by atoms with Crippen LogP contribution in [0.3, 0.4) is 0 Å². The number of ketones is 1. The van der Waals surface area contributed by atoms with E-state index in [1.165, 1.54) is 31.4 Å². The van der Waals surface area contributed by atoms with Crippen LogP contribution in [0.25, 0.3) is 6.08 Å². The van der Waals surface area contributed by atoms with Gasteiger partial charge in [0.05, 0.1) is 14.2 Å². The third kappa shape index (κ3) is 4.23. The fraction of sp³-hybridized carbons (Fsp3) is 0.167. The highest BCUT2D eigenvalue weighted by Gasteiger charge is 2.16. The molecule has 0 aliphatic heterocycles. The van der Waals surface area contributed by atoms with E-state index in [4.69, 9.17) is 9.47 Å². The number of methoxy groups -OCH3 is 2. The van der Waals surface area contributed by atoms with E-state index >= 15 is 0 Å². The van der Waals surface area contributed by atoms with Crippen LogP contribution in [-0.2, 0) is 9.84 Å². The number of rotatable bonds is 6. The van der Waals surface area contributed by atoms with Gasteiger partial charge in [-0.15, -0.1) is 0 Å². The molecule has 0 aromatic heterocycles. The highest BCUT2D eigenvalue weighted by Crippen LogP contribution is 2.25. The van der Waals surface area contributed by atoms with Crippen molar-refractivity contribution in [2.24, 2.45) is 0 Å². The molecule has 0 unspecified atom stereocenters. The maximum atomic E-state index is 12.3. The maximum absolute atomic E-state index is 12.3. The average Bonchev–Trinajstić information content (AvgIpc) is 2.58. The molecule has 2 rings (SSSR count). The number of carbonyl (C=O) groups is 1. The summed E-state index contributed by atoms with van der Waals surface area (Å²) in [5.74, 6) is 0.595. The molecule has 0 fully saturated rings. The summed E-state index contributed by atoms with van der Waals surface area (Å²) in [4.78, 5) is 12.3. The molecule has 6 heteroatoms. The van der Waals surface area contributed by atoms with Gasteiger partial charge in [-0.05, 0) is 42.0 Å². The Morgan fingerprint density at radius 2 is 1.79 bits per heavy atom. The van der Waals surface area contributed by atoms with E-state index < -0.39 is 9.84 Å². The summed E-state index contributed by atoms with van der Waals surface area (Å²) in [7, 11) is -0.481. The van der Waals surface area contributed by atoms with Crippen molar-refractivity contribution in [3.63, 3.8) is 0 Å². The van der Waals surface area contributed by atoms with E-state index in [9.17, 15) is 13.2 Å². The van der Waals surface area contributed by atoms with Crippen molar-refractivity contribution in [2.45, 2.75) is 4.90 Å². The topological polar surface area (TPSA) is 69.7 Å². The molecular weight excluding hydrogens is 328 g/mol. The molecule has 0 saturated carbocycles. The van der Waals surface area contributed by atoms with E-state index in [-0.39, 0.29) is 16.4 Å². The number of sulfone groups is 1. The second kappa shape index (κ2) is 7.31. The van der Waals surface area contributed by atoms with Gasteiger partial charge >= 0.3 is 0 Å². The summed E-state index contributed by atoms with van der Waals surface area (Å²) < 4.78 is 33.6. The van der Waals surface area contributed by atoms with E-state index in [2.05, 4.69) is 0 Å². The Bertz CT molecular complexity index is 882. The Morgan fingerprint density at radius 3 is 2.42 bits per heavy atom. The SMILES string of the molecule is COc1cccc(/C=C\C(=O)c2ccc(S(C)(=O)=O)c(OC)c2)c1. The molecule has 0 spiro atoms. The van der Waals surface area contributed by atoms with Gasteiger partial charge < -0.3 is 9.47 Å². The van der Waals surface area contributed by atoms with Crippen LogP contribution in [0, 0.1) is 0 Å². The second-order valence-electron chi connectivity index (χ2n) is 5.11. The zero-order valence-electron chi connectivity index (χ0n) is 13.6. The molecule has 0 aliphatic carbocycles. The van der Waals surface area contributed by atoms with Crippen LogP contribution < -0.4 is 9.47 Å². The smallest absolute Gasteiger partial charge is 0.185 e. The molecular formula is C18H18O5S.